The van der Waals surface area contributed by atoms with Crippen LogP contribution in [0.15, 0.2) is 35.6 Å². The summed E-state index contributed by atoms with van der Waals surface area (Å²) in [4.78, 5) is 53.9. The molecule has 1 aliphatic heterocycles. The maximum absolute atomic E-state index is 14.8. The van der Waals surface area contributed by atoms with E-state index in [0.717, 1.165) is 6.08 Å². The second-order valence-corrected chi connectivity index (χ2v) is 17.2. The first-order chi connectivity index (χ1) is 23.3. The third-order valence-corrected chi connectivity index (χ3v) is 13.3. The Morgan fingerprint density at radius 2 is 1.63 bits per heavy atom. The molecule has 9 unspecified atom stereocenters. The molecule has 0 amide bonds. The van der Waals surface area contributed by atoms with Gasteiger partial charge in [0.15, 0.2) is 11.5 Å². The lowest BCUT2D eigenvalue weighted by atomic mass is 9.39. The number of aliphatic hydroxyl groups is 6. The molecule has 0 bridgehead atoms. The molecule has 13 heteroatoms. The molecule has 0 spiro atoms. The molecule has 13 nitrogen and oxygen atoms in total. The molecule has 5 aliphatic rings. The normalized spacial score (nSPS) is 43.3. The zero-order valence-electron chi connectivity index (χ0n) is 30.9. The number of esters is 1. The van der Waals surface area contributed by atoms with Crippen LogP contribution in [0.1, 0.15) is 81.6 Å². The quantitative estimate of drug-likeness (QED) is 0.119. The Labute approximate surface area is 298 Å². The summed E-state index contributed by atoms with van der Waals surface area (Å²) in [7, 11) is 0. The van der Waals surface area contributed by atoms with Gasteiger partial charge in [0.1, 0.15) is 41.4 Å². The van der Waals surface area contributed by atoms with E-state index in [1.165, 1.54) is 19.9 Å². The number of allylic oxidation sites excluding steroid dienone is 4. The van der Waals surface area contributed by atoms with Gasteiger partial charge < -0.3 is 44.8 Å². The highest BCUT2D eigenvalue weighted by Crippen LogP contribution is 2.73. The average molecular weight is 719 g/mol. The fourth-order valence-electron chi connectivity index (χ4n) is 10.3. The van der Waals surface area contributed by atoms with Crippen LogP contribution in [0, 0.1) is 39.4 Å². The minimum Gasteiger partial charge on any atom is -0.459 e. The van der Waals surface area contributed by atoms with Crippen LogP contribution in [0.5, 0.6) is 0 Å². The van der Waals surface area contributed by atoms with Crippen LogP contribution in [0.25, 0.3) is 0 Å². The topological polar surface area (TPSA) is 217 Å². The summed E-state index contributed by atoms with van der Waals surface area (Å²) in [6, 6.07) is 0. The van der Waals surface area contributed by atoms with Gasteiger partial charge >= 0.3 is 5.97 Å². The summed E-state index contributed by atoms with van der Waals surface area (Å²) in [6.07, 6.45) is -2.57. The van der Waals surface area contributed by atoms with E-state index in [-0.39, 0.29) is 24.4 Å². The lowest BCUT2D eigenvalue weighted by Gasteiger charge is -2.63. The second-order valence-electron chi connectivity index (χ2n) is 17.2. The minimum absolute atomic E-state index is 0.0841. The van der Waals surface area contributed by atoms with E-state index in [1.807, 2.05) is 26.8 Å². The van der Waals surface area contributed by atoms with E-state index in [1.54, 1.807) is 33.8 Å². The number of ketones is 3. The van der Waals surface area contributed by atoms with Crippen LogP contribution in [0.2, 0.25) is 0 Å². The third kappa shape index (κ3) is 5.87. The van der Waals surface area contributed by atoms with Crippen molar-refractivity contribution in [3.05, 3.63) is 35.6 Å². The molecule has 3 fully saturated rings. The fraction of sp³-hybridized carbons (Fsp3) is 0.737. The van der Waals surface area contributed by atoms with Crippen LogP contribution in [-0.2, 0) is 33.4 Å². The van der Waals surface area contributed by atoms with E-state index < -0.39 is 112 Å². The van der Waals surface area contributed by atoms with E-state index in [2.05, 4.69) is 0 Å². The zero-order chi connectivity index (χ0) is 38.4. The van der Waals surface area contributed by atoms with Crippen molar-refractivity contribution in [2.75, 3.05) is 6.61 Å². The van der Waals surface area contributed by atoms with Gasteiger partial charge in [-0.3, -0.25) is 19.2 Å². The molecule has 13 atom stereocenters. The van der Waals surface area contributed by atoms with Crippen LogP contribution >= 0.6 is 0 Å². The molecule has 5 rings (SSSR count). The van der Waals surface area contributed by atoms with Crippen molar-refractivity contribution >= 4 is 23.3 Å². The summed E-state index contributed by atoms with van der Waals surface area (Å²) in [5.41, 5.74) is -6.62. The Morgan fingerprint density at radius 1 is 1.00 bits per heavy atom. The summed E-state index contributed by atoms with van der Waals surface area (Å²) >= 11 is 0. The molecule has 0 aromatic heterocycles. The van der Waals surface area contributed by atoms with Gasteiger partial charge in [0.25, 0.3) is 0 Å². The maximum Gasteiger partial charge on any atom is 0.303 e. The molecule has 1 heterocycles. The molecule has 284 valence electrons. The monoisotopic (exact) mass is 718 g/mol. The highest BCUT2D eigenvalue weighted by atomic mass is 16.7. The predicted molar refractivity (Wildman–Crippen MR) is 180 cm³/mol. The van der Waals surface area contributed by atoms with Gasteiger partial charge in [0, 0.05) is 30.6 Å². The largest absolute Gasteiger partial charge is 0.459 e. The van der Waals surface area contributed by atoms with Gasteiger partial charge in [-0.1, -0.05) is 32.4 Å². The second kappa shape index (κ2) is 12.7. The van der Waals surface area contributed by atoms with Crippen LogP contribution in [0.3, 0.4) is 0 Å². The maximum atomic E-state index is 14.8. The van der Waals surface area contributed by atoms with Gasteiger partial charge in [-0.25, -0.2) is 0 Å². The summed E-state index contributed by atoms with van der Waals surface area (Å²) < 4.78 is 16.7. The van der Waals surface area contributed by atoms with Crippen LogP contribution < -0.4 is 0 Å². The van der Waals surface area contributed by atoms with E-state index in [9.17, 15) is 49.8 Å². The van der Waals surface area contributed by atoms with Crippen molar-refractivity contribution in [3.63, 3.8) is 0 Å². The molecule has 0 radical (unpaired) electrons. The highest BCUT2D eigenvalue weighted by molar-refractivity contribution is 6.02. The lowest BCUT2D eigenvalue weighted by molar-refractivity contribution is -0.291. The number of rotatable bonds is 8. The SMILES string of the molecule is CC(=O)OC(C)(C)C=CC(=O)[C@](C)(O)C1C(O)C[C@@]2(C)C3CC=C4C(C=C(OC5OC(CO)C(O)C(O)C5O)C(=O)C4(C)C)[C@]3(C)C(=O)C[C@]12C. The molecule has 4 aliphatic carbocycles. The third-order valence-electron chi connectivity index (χ3n) is 13.3. The molecule has 0 aromatic rings. The van der Waals surface area contributed by atoms with Gasteiger partial charge in [-0.15, -0.1) is 0 Å². The molecule has 6 N–H and O–H groups in total. The molecular formula is C38H54O13. The number of hydrogen-bond donors (Lipinski definition) is 6. The lowest BCUT2D eigenvalue weighted by Crippen LogP contribution is -2.64. The number of aliphatic hydroxyl groups excluding tert-OH is 5. The number of hydrogen-bond acceptors (Lipinski definition) is 13. The van der Waals surface area contributed by atoms with Crippen LogP contribution in [0.4, 0.5) is 0 Å². The van der Waals surface area contributed by atoms with E-state index in [0.29, 0.717) is 12.0 Å². The highest BCUT2D eigenvalue weighted by Gasteiger charge is 2.74. The number of carbonyl (C=O) groups excluding carboxylic acids is 4. The molecule has 2 saturated carbocycles. The fourth-order valence-corrected chi connectivity index (χ4v) is 10.3. The van der Waals surface area contributed by atoms with Gasteiger partial charge in [0.05, 0.1) is 18.1 Å². The molecule has 1 saturated heterocycles. The molecule has 51 heavy (non-hydrogen) atoms. The van der Waals surface area contributed by atoms with Crippen molar-refractivity contribution in [2.24, 2.45) is 39.4 Å². The Hall–Kier alpha value is -2.78. The smallest absolute Gasteiger partial charge is 0.303 e. The van der Waals surface area contributed by atoms with E-state index in [4.69, 9.17) is 14.2 Å². The van der Waals surface area contributed by atoms with Crippen molar-refractivity contribution in [1.82, 2.24) is 0 Å². The Morgan fingerprint density at radius 3 is 2.22 bits per heavy atom. The van der Waals surface area contributed by atoms with Crippen LogP contribution in [-0.4, -0.2) is 109 Å². The molecule has 0 aromatic carbocycles. The van der Waals surface area contributed by atoms with Gasteiger partial charge in [-0.05, 0) is 82.4 Å². The Bertz CT molecular complexity index is 1570. The average Bonchev–Trinajstić information content (AvgIpc) is 3.22. The first-order valence-corrected chi connectivity index (χ1v) is 17.6. The molecular weight excluding hydrogens is 664 g/mol. The number of ether oxygens (including phenoxy) is 3. The summed E-state index contributed by atoms with van der Waals surface area (Å²) in [5, 5.41) is 64.6. The standard InChI is InChI=1S/C38H54O13/c1-18(40)51-33(2,3)13-12-25(42)38(9,48)30-21(41)15-35(6)24-11-10-19-20(37(24,8)26(43)16-36(30,35)7)14-22(31(47)34(19,4)5)49-32-29(46)28(45)27(44)23(17-39)50-32/h10,12-14,20-21,23-24,27-30,32,39,41,44-46,48H,11,15-17H2,1-9H3/t20?,21?,23?,24?,27?,28?,29?,30?,32?,35-,36+,37-,38-/m0/s1. The van der Waals surface area contributed by atoms with Gasteiger partial charge in [0.2, 0.25) is 12.1 Å². The minimum atomic E-state index is -2.09. The predicted octanol–water partition coefficient (Wildman–Crippen LogP) is 1.45. The Balaban J connectivity index is 1.52. The zero-order valence-corrected chi connectivity index (χ0v) is 30.9. The van der Waals surface area contributed by atoms with E-state index >= 15 is 0 Å². The summed E-state index contributed by atoms with van der Waals surface area (Å²) in [6.45, 7) is 14.2. The number of carbonyl (C=O) groups is 4. The number of fused-ring (bicyclic) bond motifs is 5. The van der Waals surface area contributed by atoms with Crippen molar-refractivity contribution < 1.29 is 64.0 Å². The van der Waals surface area contributed by atoms with Crippen molar-refractivity contribution in [1.29, 1.82) is 0 Å². The van der Waals surface area contributed by atoms with Gasteiger partial charge in [-0.2, -0.15) is 0 Å². The first kappa shape index (κ1) is 39.4. The number of Topliss-reactive ketones (excluding diaryl/α,β-unsaturated/α-hetero) is 2. The Kier molecular flexibility index (Phi) is 9.80. The van der Waals surface area contributed by atoms with Crippen molar-refractivity contribution in [2.45, 2.75) is 130 Å². The first-order valence-electron chi connectivity index (χ1n) is 17.6. The van der Waals surface area contributed by atoms with Crippen molar-refractivity contribution in [3.8, 4) is 0 Å². The summed E-state index contributed by atoms with van der Waals surface area (Å²) in [5.74, 6) is -4.17.